The van der Waals surface area contributed by atoms with Crippen LogP contribution in [0, 0.1) is 17.8 Å². The molecule has 3 fully saturated rings. The number of aliphatic hydroxyl groups excluding tert-OH is 1. The molecule has 0 aromatic carbocycles. The molecule has 2 saturated carbocycles. The fraction of sp³-hybridized carbons (Fsp3) is 0.474. The van der Waals surface area contributed by atoms with Crippen LogP contribution in [-0.2, 0) is 23.8 Å². The van der Waals surface area contributed by atoms with Crippen LogP contribution in [0.4, 0.5) is 0 Å². The third kappa shape index (κ3) is 2.70. The molecule has 0 unspecified atom stereocenters. The van der Waals surface area contributed by atoms with E-state index in [1.165, 1.54) is 7.11 Å². The summed E-state index contributed by atoms with van der Waals surface area (Å²) in [4.78, 5) is 24.2. The number of fused-ring (bicyclic) bond motifs is 3. The van der Waals surface area contributed by atoms with Crippen molar-refractivity contribution in [3.8, 4) is 0 Å². The van der Waals surface area contributed by atoms with Gasteiger partial charge in [-0.1, -0.05) is 25.3 Å². The van der Waals surface area contributed by atoms with Gasteiger partial charge < -0.3 is 19.3 Å². The summed E-state index contributed by atoms with van der Waals surface area (Å²) in [6.45, 7) is 15.4. The summed E-state index contributed by atoms with van der Waals surface area (Å²) in [6, 6.07) is 0. The minimum Gasteiger partial charge on any atom is -0.490 e. The Bertz CT molecular complexity index is 690. The highest BCUT2D eigenvalue weighted by atomic mass is 16.6. The molecule has 0 radical (unpaired) electrons. The number of aliphatic hydroxyl groups is 1. The first kappa shape index (κ1) is 17.5. The number of carbonyl (C=O) groups excluding carboxylic acids is 2. The number of hydrogen-bond acceptors (Lipinski definition) is 6. The van der Waals surface area contributed by atoms with E-state index in [0.29, 0.717) is 18.4 Å². The van der Waals surface area contributed by atoms with Gasteiger partial charge in [0, 0.05) is 17.9 Å². The quantitative estimate of drug-likeness (QED) is 0.362. The third-order valence-electron chi connectivity index (χ3n) is 5.50. The normalized spacial score (nSPS) is 37.0. The lowest BCUT2D eigenvalue weighted by molar-refractivity contribution is -0.151. The Morgan fingerprint density at radius 1 is 1.28 bits per heavy atom. The van der Waals surface area contributed by atoms with Crippen LogP contribution >= 0.6 is 0 Å². The minimum absolute atomic E-state index is 0.0805. The van der Waals surface area contributed by atoms with E-state index < -0.39 is 36.2 Å². The summed E-state index contributed by atoms with van der Waals surface area (Å²) >= 11 is 0. The van der Waals surface area contributed by atoms with E-state index in [-0.39, 0.29) is 23.2 Å². The summed E-state index contributed by atoms with van der Waals surface area (Å²) < 4.78 is 15.9. The zero-order chi connectivity index (χ0) is 18.5. The Morgan fingerprint density at radius 2 is 1.96 bits per heavy atom. The van der Waals surface area contributed by atoms with Crippen LogP contribution in [0.5, 0.6) is 0 Å². The van der Waals surface area contributed by atoms with Gasteiger partial charge in [-0.3, -0.25) is 0 Å². The van der Waals surface area contributed by atoms with Crippen molar-refractivity contribution < 1.29 is 28.9 Å². The predicted molar refractivity (Wildman–Crippen MR) is 89.0 cm³/mol. The van der Waals surface area contributed by atoms with Crippen molar-refractivity contribution in [2.45, 2.75) is 31.2 Å². The van der Waals surface area contributed by atoms with Gasteiger partial charge in [0.25, 0.3) is 0 Å². The molecule has 0 bridgehead atoms. The average molecular weight is 346 g/mol. The molecule has 0 aromatic heterocycles. The summed E-state index contributed by atoms with van der Waals surface area (Å²) in [5.41, 5.74) is 1.71. The van der Waals surface area contributed by atoms with Crippen LogP contribution in [0.25, 0.3) is 0 Å². The molecule has 134 valence electrons. The van der Waals surface area contributed by atoms with Crippen molar-refractivity contribution in [1.82, 2.24) is 0 Å². The predicted octanol–water partition coefficient (Wildman–Crippen LogP) is 1.67. The fourth-order valence-corrected chi connectivity index (χ4v) is 4.16. The molecule has 1 saturated heterocycles. The summed E-state index contributed by atoms with van der Waals surface area (Å²) in [5, 5.41) is 10.2. The summed E-state index contributed by atoms with van der Waals surface area (Å²) in [7, 11) is 1.33. The Hall–Kier alpha value is -2.34. The molecule has 1 N–H and O–H groups in total. The van der Waals surface area contributed by atoms with E-state index in [0.717, 1.165) is 5.57 Å². The SMILES string of the molecule is C=C(OC)C(=O)O[C@H]1CC(=C)[C@@H]2C[C@@H](O)C(=C)[C@@H]2[C@H]2OC(=O)C(=C)[C@@H]21. The second-order valence-corrected chi connectivity index (χ2v) is 6.81. The molecule has 2 aliphatic carbocycles. The lowest BCUT2D eigenvalue weighted by Gasteiger charge is -2.28. The molecular weight excluding hydrogens is 324 g/mol. The Morgan fingerprint density at radius 3 is 2.60 bits per heavy atom. The Labute approximate surface area is 146 Å². The standard InChI is InChI=1S/C19H22O6/c1-8-6-14(24-19(22)11(4)23-5)16-10(3)18(21)25-17(16)15-9(2)13(20)7-12(8)15/h12-17,20H,1-4,6-7H2,5H3/t12-,13+,14-,15-,16+,17+/m0/s1. The molecule has 6 nitrogen and oxygen atoms in total. The van der Waals surface area contributed by atoms with Crippen molar-refractivity contribution in [2.75, 3.05) is 7.11 Å². The van der Waals surface area contributed by atoms with Crippen LogP contribution in [0.3, 0.4) is 0 Å². The number of ether oxygens (including phenoxy) is 3. The van der Waals surface area contributed by atoms with Gasteiger partial charge >= 0.3 is 11.9 Å². The lowest BCUT2D eigenvalue weighted by Crippen LogP contribution is -2.36. The number of hydrogen-bond donors (Lipinski definition) is 1. The highest BCUT2D eigenvalue weighted by molar-refractivity contribution is 5.91. The number of rotatable bonds is 3. The Kier molecular flexibility index (Phi) is 4.33. The molecule has 0 aromatic rings. The van der Waals surface area contributed by atoms with Crippen LogP contribution in [0.15, 0.2) is 48.8 Å². The number of esters is 2. The zero-order valence-electron chi connectivity index (χ0n) is 14.2. The summed E-state index contributed by atoms with van der Waals surface area (Å²) in [5.74, 6) is -2.19. The van der Waals surface area contributed by atoms with Crippen LogP contribution in [-0.4, -0.2) is 42.5 Å². The van der Waals surface area contributed by atoms with Gasteiger partial charge in [-0.25, -0.2) is 9.59 Å². The van der Waals surface area contributed by atoms with E-state index in [2.05, 4.69) is 26.3 Å². The largest absolute Gasteiger partial charge is 0.490 e. The lowest BCUT2D eigenvalue weighted by atomic mass is 9.81. The summed E-state index contributed by atoms with van der Waals surface area (Å²) in [6.07, 6.45) is -1.08. The van der Waals surface area contributed by atoms with Gasteiger partial charge in [0.15, 0.2) is 5.76 Å². The van der Waals surface area contributed by atoms with Crippen molar-refractivity contribution in [2.24, 2.45) is 17.8 Å². The molecular formula is C19H22O6. The molecule has 0 spiro atoms. The van der Waals surface area contributed by atoms with Crippen molar-refractivity contribution in [3.63, 3.8) is 0 Å². The van der Waals surface area contributed by atoms with Gasteiger partial charge in [0.1, 0.15) is 12.2 Å². The van der Waals surface area contributed by atoms with Crippen molar-refractivity contribution >= 4 is 11.9 Å². The molecule has 6 heteroatoms. The maximum absolute atomic E-state index is 12.1. The smallest absolute Gasteiger partial charge is 0.373 e. The second kappa shape index (κ2) is 6.19. The molecule has 1 heterocycles. The molecule has 3 aliphatic rings. The van der Waals surface area contributed by atoms with E-state index in [9.17, 15) is 14.7 Å². The zero-order valence-corrected chi connectivity index (χ0v) is 14.2. The maximum Gasteiger partial charge on any atom is 0.373 e. The van der Waals surface area contributed by atoms with E-state index in [4.69, 9.17) is 14.2 Å². The van der Waals surface area contributed by atoms with Crippen molar-refractivity contribution in [1.29, 1.82) is 0 Å². The van der Waals surface area contributed by atoms with Gasteiger partial charge in [0.05, 0.1) is 19.1 Å². The number of methoxy groups -OCH3 is 1. The second-order valence-electron chi connectivity index (χ2n) is 6.81. The Balaban J connectivity index is 1.96. The first-order valence-corrected chi connectivity index (χ1v) is 8.14. The van der Waals surface area contributed by atoms with Crippen LogP contribution in [0.1, 0.15) is 12.8 Å². The first-order valence-electron chi connectivity index (χ1n) is 8.14. The minimum atomic E-state index is -0.697. The molecule has 3 rings (SSSR count). The molecule has 6 atom stereocenters. The highest BCUT2D eigenvalue weighted by Gasteiger charge is 2.56. The van der Waals surface area contributed by atoms with E-state index in [1.807, 2.05) is 0 Å². The van der Waals surface area contributed by atoms with Gasteiger partial charge in [-0.2, -0.15) is 0 Å². The third-order valence-corrected chi connectivity index (χ3v) is 5.50. The fourth-order valence-electron chi connectivity index (χ4n) is 4.16. The molecule has 1 aliphatic heterocycles. The van der Waals surface area contributed by atoms with Gasteiger partial charge in [0.2, 0.25) is 0 Å². The monoisotopic (exact) mass is 346 g/mol. The van der Waals surface area contributed by atoms with Crippen molar-refractivity contribution in [3.05, 3.63) is 48.8 Å². The average Bonchev–Trinajstić information content (AvgIpc) is 2.99. The van der Waals surface area contributed by atoms with Crippen LogP contribution < -0.4 is 0 Å². The topological polar surface area (TPSA) is 82.1 Å². The highest BCUT2D eigenvalue weighted by Crippen LogP contribution is 2.52. The number of carbonyl (C=O) groups is 2. The first-order chi connectivity index (χ1) is 11.8. The van der Waals surface area contributed by atoms with E-state index >= 15 is 0 Å². The van der Waals surface area contributed by atoms with Crippen LogP contribution in [0.2, 0.25) is 0 Å². The van der Waals surface area contributed by atoms with E-state index in [1.54, 1.807) is 0 Å². The molecule has 0 amide bonds. The van der Waals surface area contributed by atoms with Gasteiger partial charge in [-0.05, 0) is 24.5 Å². The maximum atomic E-state index is 12.1. The molecule has 25 heavy (non-hydrogen) atoms. The van der Waals surface area contributed by atoms with Gasteiger partial charge in [-0.15, -0.1) is 0 Å².